The second kappa shape index (κ2) is 8.16. The van der Waals surface area contributed by atoms with Crippen LogP contribution >= 0.6 is 0 Å². The van der Waals surface area contributed by atoms with Gasteiger partial charge in [-0.2, -0.15) is 5.10 Å². The first-order valence-corrected chi connectivity index (χ1v) is 8.88. The molecular weight excluding hydrogens is 316 g/mol. The van der Waals surface area contributed by atoms with Crippen molar-refractivity contribution in [1.82, 2.24) is 20.4 Å². The van der Waals surface area contributed by atoms with E-state index >= 15 is 0 Å². The Labute approximate surface area is 148 Å². The lowest BCUT2D eigenvalue weighted by atomic mass is 9.93. The van der Waals surface area contributed by atoms with Crippen molar-refractivity contribution in [1.29, 1.82) is 0 Å². The largest absolute Gasteiger partial charge is 0.377 e. The number of carbonyl (C=O) groups is 1. The van der Waals surface area contributed by atoms with Gasteiger partial charge in [0.15, 0.2) is 0 Å². The Bertz CT molecular complexity index is 726. The van der Waals surface area contributed by atoms with Crippen molar-refractivity contribution in [3.05, 3.63) is 52.8 Å². The van der Waals surface area contributed by atoms with Gasteiger partial charge >= 0.3 is 6.03 Å². The lowest BCUT2D eigenvalue weighted by Crippen LogP contribution is -2.38. The van der Waals surface area contributed by atoms with Gasteiger partial charge in [-0.25, -0.2) is 4.79 Å². The molecule has 2 amide bonds. The van der Waals surface area contributed by atoms with E-state index in [-0.39, 0.29) is 12.1 Å². The maximum absolute atomic E-state index is 12.3. The number of rotatable bonds is 6. The normalized spacial score (nSPS) is 16.3. The minimum atomic E-state index is -0.145. The Kier molecular flexibility index (Phi) is 5.71. The van der Waals surface area contributed by atoms with Gasteiger partial charge in [-0.05, 0) is 37.3 Å². The smallest absolute Gasteiger partial charge is 0.315 e. The van der Waals surface area contributed by atoms with E-state index in [2.05, 4.69) is 15.7 Å². The minimum Gasteiger partial charge on any atom is -0.377 e. The Balaban J connectivity index is 1.57. The maximum atomic E-state index is 12.3. The van der Waals surface area contributed by atoms with E-state index in [0.717, 1.165) is 36.0 Å². The number of nitrogens with zero attached hydrogens (tertiary/aromatic N) is 2. The van der Waals surface area contributed by atoms with E-state index in [1.54, 1.807) is 0 Å². The Hall–Kier alpha value is -2.34. The number of hydrogen-bond donors (Lipinski definition) is 2. The van der Waals surface area contributed by atoms with Crippen LogP contribution < -0.4 is 10.6 Å². The SMILES string of the molecule is CCOCc1ccccc1CNC(=O)NC1CCCc2c1cnn2C. The fourth-order valence-electron chi connectivity index (χ4n) is 3.32. The zero-order valence-corrected chi connectivity index (χ0v) is 14.9. The van der Waals surface area contributed by atoms with Crippen molar-refractivity contribution in [2.24, 2.45) is 7.05 Å². The lowest BCUT2D eigenvalue weighted by Gasteiger charge is -2.24. The van der Waals surface area contributed by atoms with E-state index < -0.39 is 0 Å². The molecule has 6 nitrogen and oxygen atoms in total. The molecule has 0 radical (unpaired) electrons. The highest BCUT2D eigenvalue weighted by atomic mass is 16.5. The van der Waals surface area contributed by atoms with Gasteiger partial charge < -0.3 is 15.4 Å². The molecule has 134 valence electrons. The molecule has 6 heteroatoms. The summed E-state index contributed by atoms with van der Waals surface area (Å²) in [6, 6.07) is 7.92. The van der Waals surface area contributed by atoms with Crippen LogP contribution in [0, 0.1) is 0 Å². The molecule has 1 unspecified atom stereocenters. The van der Waals surface area contributed by atoms with E-state index in [1.165, 1.54) is 5.69 Å². The molecule has 1 atom stereocenters. The molecule has 2 aromatic rings. The monoisotopic (exact) mass is 342 g/mol. The summed E-state index contributed by atoms with van der Waals surface area (Å²) in [7, 11) is 1.95. The summed E-state index contributed by atoms with van der Waals surface area (Å²) >= 11 is 0. The van der Waals surface area contributed by atoms with E-state index in [9.17, 15) is 4.79 Å². The second-order valence-corrected chi connectivity index (χ2v) is 6.35. The highest BCUT2D eigenvalue weighted by Gasteiger charge is 2.24. The number of urea groups is 1. The molecule has 25 heavy (non-hydrogen) atoms. The van der Waals surface area contributed by atoms with Crippen LogP contribution in [0.4, 0.5) is 4.79 Å². The molecule has 0 spiro atoms. The fourth-order valence-corrected chi connectivity index (χ4v) is 3.32. The number of hydrogen-bond acceptors (Lipinski definition) is 3. The van der Waals surface area contributed by atoms with Crippen molar-refractivity contribution in [3.63, 3.8) is 0 Å². The van der Waals surface area contributed by atoms with Crippen molar-refractivity contribution >= 4 is 6.03 Å². The molecule has 3 rings (SSSR count). The summed E-state index contributed by atoms with van der Waals surface area (Å²) in [5.41, 5.74) is 4.55. The van der Waals surface area contributed by atoms with Gasteiger partial charge in [-0.3, -0.25) is 4.68 Å². The number of ether oxygens (including phenoxy) is 1. The van der Waals surface area contributed by atoms with Crippen molar-refractivity contribution in [2.75, 3.05) is 6.61 Å². The molecule has 1 aromatic carbocycles. The Morgan fingerprint density at radius 3 is 2.96 bits per heavy atom. The van der Waals surface area contributed by atoms with E-state index in [1.807, 2.05) is 49.1 Å². The number of aromatic nitrogens is 2. The average Bonchev–Trinajstić information content (AvgIpc) is 3.01. The third kappa shape index (κ3) is 4.20. The topological polar surface area (TPSA) is 68.2 Å². The van der Waals surface area contributed by atoms with E-state index in [4.69, 9.17) is 4.74 Å². The van der Waals surface area contributed by atoms with Crippen LogP contribution in [-0.4, -0.2) is 22.4 Å². The molecule has 0 aliphatic heterocycles. The molecule has 0 saturated carbocycles. The molecular formula is C19H26N4O2. The summed E-state index contributed by atoms with van der Waals surface area (Å²) in [5.74, 6) is 0. The summed E-state index contributed by atoms with van der Waals surface area (Å²) in [6.07, 6.45) is 4.91. The standard InChI is InChI=1S/C19H26N4O2/c1-3-25-13-15-8-5-4-7-14(15)11-20-19(24)22-17-9-6-10-18-16(17)12-21-23(18)2/h4-5,7-8,12,17H,3,6,9-11,13H2,1-2H3,(H2,20,22,24). The van der Waals surface area contributed by atoms with Gasteiger partial charge in [-0.1, -0.05) is 24.3 Å². The van der Waals surface area contributed by atoms with Crippen molar-refractivity contribution < 1.29 is 9.53 Å². The number of aryl methyl sites for hydroxylation is 1. The van der Waals surface area contributed by atoms with Crippen LogP contribution in [0.1, 0.15) is 48.2 Å². The molecule has 0 fully saturated rings. The number of fused-ring (bicyclic) bond motifs is 1. The highest BCUT2D eigenvalue weighted by Crippen LogP contribution is 2.28. The van der Waals surface area contributed by atoms with Crippen LogP contribution in [0.25, 0.3) is 0 Å². The van der Waals surface area contributed by atoms with Gasteiger partial charge in [0.2, 0.25) is 0 Å². The fraction of sp³-hybridized carbons (Fsp3) is 0.474. The molecule has 2 N–H and O–H groups in total. The Morgan fingerprint density at radius 2 is 2.16 bits per heavy atom. The first-order chi connectivity index (χ1) is 12.2. The zero-order chi connectivity index (χ0) is 17.6. The summed E-state index contributed by atoms with van der Waals surface area (Å²) in [5, 5.41) is 10.4. The third-order valence-corrected chi connectivity index (χ3v) is 4.70. The second-order valence-electron chi connectivity index (χ2n) is 6.35. The van der Waals surface area contributed by atoms with Gasteiger partial charge in [0.05, 0.1) is 18.8 Å². The molecule has 1 heterocycles. The highest BCUT2D eigenvalue weighted by molar-refractivity contribution is 5.74. The molecule has 0 saturated heterocycles. The maximum Gasteiger partial charge on any atom is 0.315 e. The van der Waals surface area contributed by atoms with Crippen LogP contribution in [0.3, 0.4) is 0 Å². The van der Waals surface area contributed by atoms with Crippen molar-refractivity contribution in [3.8, 4) is 0 Å². The van der Waals surface area contributed by atoms with Crippen molar-refractivity contribution in [2.45, 2.75) is 45.4 Å². The predicted octanol–water partition coefficient (Wildman–Crippen LogP) is 2.83. The van der Waals surface area contributed by atoms with Crippen LogP contribution in [-0.2, 0) is 31.4 Å². The quantitative estimate of drug-likeness (QED) is 0.848. The van der Waals surface area contributed by atoms with Gasteiger partial charge in [-0.15, -0.1) is 0 Å². The first-order valence-electron chi connectivity index (χ1n) is 8.88. The third-order valence-electron chi connectivity index (χ3n) is 4.70. The summed E-state index contributed by atoms with van der Waals surface area (Å²) in [6.45, 7) is 3.71. The van der Waals surface area contributed by atoms with Crippen LogP contribution in [0.2, 0.25) is 0 Å². The van der Waals surface area contributed by atoms with Crippen LogP contribution in [0.5, 0.6) is 0 Å². The number of nitrogens with one attached hydrogen (secondary N) is 2. The molecule has 1 aromatic heterocycles. The van der Waals surface area contributed by atoms with E-state index in [0.29, 0.717) is 19.8 Å². The van der Waals surface area contributed by atoms with Gasteiger partial charge in [0.1, 0.15) is 0 Å². The molecule has 1 aliphatic carbocycles. The number of carbonyl (C=O) groups excluding carboxylic acids is 1. The lowest BCUT2D eigenvalue weighted by molar-refractivity contribution is 0.133. The van der Waals surface area contributed by atoms with Gasteiger partial charge in [0.25, 0.3) is 0 Å². The molecule has 1 aliphatic rings. The summed E-state index contributed by atoms with van der Waals surface area (Å²) < 4.78 is 7.40. The zero-order valence-electron chi connectivity index (χ0n) is 14.9. The minimum absolute atomic E-state index is 0.0381. The average molecular weight is 342 g/mol. The Morgan fingerprint density at radius 1 is 1.36 bits per heavy atom. The number of benzene rings is 1. The number of amides is 2. The predicted molar refractivity (Wildman–Crippen MR) is 96.0 cm³/mol. The first kappa shape index (κ1) is 17.5. The summed E-state index contributed by atoms with van der Waals surface area (Å²) in [4.78, 5) is 12.3. The van der Waals surface area contributed by atoms with Crippen LogP contribution in [0.15, 0.2) is 30.5 Å². The molecule has 0 bridgehead atoms. The van der Waals surface area contributed by atoms with Gasteiger partial charge in [0, 0.05) is 31.5 Å².